The number of hydrogen-bond acceptors (Lipinski definition) is 6. The van der Waals surface area contributed by atoms with Gasteiger partial charge in [0.25, 0.3) is 10.0 Å². The molecule has 0 saturated heterocycles. The fourth-order valence-electron chi connectivity index (χ4n) is 3.87. The molecule has 0 amide bonds. The monoisotopic (exact) mass is 591 g/mol. The zero-order chi connectivity index (χ0) is 28.2. The normalized spacial score (nSPS) is 16.4. The summed E-state index contributed by atoms with van der Waals surface area (Å²) < 4.78 is 68.3. The molecule has 1 aliphatic rings. The van der Waals surface area contributed by atoms with Crippen molar-refractivity contribution in [2.75, 3.05) is 32.9 Å². The first-order valence-corrected chi connectivity index (χ1v) is 15.3. The lowest BCUT2D eigenvalue weighted by Gasteiger charge is -2.20. The van der Waals surface area contributed by atoms with E-state index in [1.807, 2.05) is 30.3 Å². The first kappa shape index (κ1) is 28.7. The number of guanidine groups is 1. The summed E-state index contributed by atoms with van der Waals surface area (Å²) in [6.07, 6.45) is 0. The van der Waals surface area contributed by atoms with E-state index in [1.165, 1.54) is 55.5 Å². The van der Waals surface area contributed by atoms with Gasteiger partial charge in [-0.05, 0) is 47.5 Å². The van der Waals surface area contributed by atoms with Crippen LogP contribution in [0.2, 0.25) is 5.02 Å². The predicted octanol–water partition coefficient (Wildman–Crippen LogP) is 3.51. The molecular formula is C26H27ClFN5O4S2. The summed E-state index contributed by atoms with van der Waals surface area (Å²) in [5.41, 5.74) is 2.15. The maximum absolute atomic E-state index is 13.7. The summed E-state index contributed by atoms with van der Waals surface area (Å²) in [5, 5.41) is 6.44. The lowest BCUT2D eigenvalue weighted by atomic mass is 9.91. The number of aliphatic imine (C=N–C) groups is 1. The fourth-order valence-corrected chi connectivity index (χ4v) is 5.71. The van der Waals surface area contributed by atoms with Crippen LogP contribution in [0.25, 0.3) is 0 Å². The van der Waals surface area contributed by atoms with E-state index in [-0.39, 0.29) is 35.6 Å². The minimum atomic E-state index is -4.13. The molecule has 0 aliphatic carbocycles. The molecule has 1 atom stereocenters. The van der Waals surface area contributed by atoms with Crippen molar-refractivity contribution in [2.45, 2.75) is 10.8 Å². The molecule has 0 unspecified atom stereocenters. The highest BCUT2D eigenvalue weighted by Crippen LogP contribution is 2.29. The zero-order valence-electron chi connectivity index (χ0n) is 21.2. The Morgan fingerprint density at radius 3 is 2.28 bits per heavy atom. The van der Waals surface area contributed by atoms with E-state index in [4.69, 9.17) is 11.6 Å². The zero-order valence-corrected chi connectivity index (χ0v) is 23.6. The van der Waals surface area contributed by atoms with Crippen LogP contribution in [0.15, 0.2) is 93.9 Å². The molecule has 0 fully saturated rings. The molecule has 3 aromatic carbocycles. The van der Waals surface area contributed by atoms with E-state index < -0.39 is 25.9 Å². The number of hydrogen-bond donors (Lipinski definition) is 1. The van der Waals surface area contributed by atoms with Crippen LogP contribution >= 0.6 is 11.6 Å². The Kier molecular flexibility index (Phi) is 8.70. The molecule has 0 saturated carbocycles. The third-order valence-corrected chi connectivity index (χ3v) is 9.42. The Bertz CT molecular complexity index is 1580. The van der Waals surface area contributed by atoms with Crippen LogP contribution < -0.4 is 4.72 Å². The molecule has 9 nitrogen and oxygen atoms in total. The molecule has 0 radical (unpaired) electrons. The van der Waals surface area contributed by atoms with Gasteiger partial charge in [-0.3, -0.25) is 0 Å². The number of sulfonamides is 2. The van der Waals surface area contributed by atoms with Gasteiger partial charge in [-0.1, -0.05) is 54.1 Å². The molecule has 13 heteroatoms. The summed E-state index contributed by atoms with van der Waals surface area (Å²) in [4.78, 5) is 4.27. The van der Waals surface area contributed by atoms with Gasteiger partial charge >= 0.3 is 0 Å². The Balaban J connectivity index is 1.74. The van der Waals surface area contributed by atoms with Gasteiger partial charge in [0.2, 0.25) is 16.0 Å². The van der Waals surface area contributed by atoms with Crippen molar-refractivity contribution in [1.29, 1.82) is 0 Å². The van der Waals surface area contributed by atoms with Crippen LogP contribution in [0.5, 0.6) is 0 Å². The number of nitrogens with one attached hydrogen (secondary N) is 1. The topological polar surface area (TPSA) is 112 Å². The number of halogens is 2. The second-order valence-electron chi connectivity index (χ2n) is 8.90. The molecule has 1 heterocycles. The molecule has 1 N–H and O–H groups in total. The first-order valence-electron chi connectivity index (χ1n) is 11.9. The van der Waals surface area contributed by atoms with Crippen LogP contribution in [0, 0.1) is 5.82 Å². The van der Waals surface area contributed by atoms with Crippen molar-refractivity contribution < 1.29 is 21.2 Å². The first-order chi connectivity index (χ1) is 18.5. The van der Waals surface area contributed by atoms with Gasteiger partial charge in [0, 0.05) is 25.0 Å². The van der Waals surface area contributed by atoms with Crippen LogP contribution in [-0.4, -0.2) is 70.8 Å². The lowest BCUT2D eigenvalue weighted by molar-refractivity contribution is 0.461. The highest BCUT2D eigenvalue weighted by atomic mass is 35.5. The molecule has 0 bridgehead atoms. The van der Waals surface area contributed by atoms with Crippen molar-refractivity contribution in [2.24, 2.45) is 10.1 Å². The number of hydrazone groups is 1. The van der Waals surface area contributed by atoms with Gasteiger partial charge in [0.15, 0.2) is 0 Å². The third kappa shape index (κ3) is 7.01. The van der Waals surface area contributed by atoms with E-state index in [0.29, 0.717) is 16.3 Å². The average Bonchev–Trinajstić information content (AvgIpc) is 3.34. The minimum absolute atomic E-state index is 0.0537. The average molecular weight is 592 g/mol. The SMILES string of the molecule is CN(C)S(=O)(=O)CC/N=C(/NS(=O)(=O)c1ccc(Cl)cc1)N1C[C@@H](c2ccccc2)C(c2ccc(F)cc2)=N1. The van der Waals surface area contributed by atoms with Crippen molar-refractivity contribution in [3.8, 4) is 0 Å². The Morgan fingerprint density at radius 1 is 1.03 bits per heavy atom. The molecular weight excluding hydrogens is 565 g/mol. The number of nitrogens with zero attached hydrogens (tertiary/aromatic N) is 4. The predicted molar refractivity (Wildman–Crippen MR) is 150 cm³/mol. The van der Waals surface area contributed by atoms with Crippen molar-refractivity contribution in [3.63, 3.8) is 0 Å². The summed E-state index contributed by atoms with van der Waals surface area (Å²) in [7, 11) is -4.89. The van der Waals surface area contributed by atoms with E-state index in [1.54, 1.807) is 12.1 Å². The van der Waals surface area contributed by atoms with Crippen LogP contribution in [-0.2, 0) is 20.0 Å². The van der Waals surface area contributed by atoms with E-state index in [2.05, 4.69) is 14.8 Å². The maximum atomic E-state index is 13.7. The van der Waals surface area contributed by atoms with Crippen molar-refractivity contribution >= 4 is 43.3 Å². The van der Waals surface area contributed by atoms with E-state index in [0.717, 1.165) is 9.87 Å². The molecule has 1 aliphatic heterocycles. The second kappa shape index (κ2) is 11.8. The van der Waals surface area contributed by atoms with Gasteiger partial charge < -0.3 is 0 Å². The smallest absolute Gasteiger partial charge is 0.250 e. The van der Waals surface area contributed by atoms with Crippen molar-refractivity contribution in [3.05, 3.63) is 101 Å². The van der Waals surface area contributed by atoms with Gasteiger partial charge in [0.05, 0.1) is 29.4 Å². The molecule has 206 valence electrons. The second-order valence-corrected chi connectivity index (χ2v) is 13.3. The summed E-state index contributed by atoms with van der Waals surface area (Å²) in [6.45, 7) is -0.00792. The van der Waals surface area contributed by atoms with Crippen molar-refractivity contribution in [1.82, 2.24) is 14.0 Å². The standard InChI is InChI=1S/C26H27ClFN5O4S2/c1-32(2)38(34,35)17-16-29-26(31-39(36,37)23-14-10-21(27)11-15-23)33-18-24(19-6-4-3-5-7-19)25(30-33)20-8-12-22(28)13-9-20/h3-15,24H,16-18H2,1-2H3,(H,29,31)/t24-/m0/s1. The van der Waals surface area contributed by atoms with Gasteiger partial charge in [-0.25, -0.2) is 40.3 Å². The Morgan fingerprint density at radius 2 is 1.67 bits per heavy atom. The Hall–Kier alpha value is -3.32. The quantitative estimate of drug-likeness (QED) is 0.318. The highest BCUT2D eigenvalue weighted by Gasteiger charge is 2.33. The molecule has 0 spiro atoms. The minimum Gasteiger partial charge on any atom is -0.250 e. The summed E-state index contributed by atoms with van der Waals surface area (Å²) in [6, 6.07) is 20.9. The molecule has 3 aromatic rings. The number of benzene rings is 3. The lowest BCUT2D eigenvalue weighted by Crippen LogP contribution is -2.41. The molecule has 39 heavy (non-hydrogen) atoms. The Labute approximate surface area is 232 Å². The number of rotatable bonds is 8. The van der Waals surface area contributed by atoms with Gasteiger partial charge in [-0.15, -0.1) is 0 Å². The van der Waals surface area contributed by atoms with E-state index in [9.17, 15) is 21.2 Å². The van der Waals surface area contributed by atoms with Crippen LogP contribution in [0.3, 0.4) is 0 Å². The summed E-state index contributed by atoms with van der Waals surface area (Å²) in [5.74, 6) is -1.17. The largest absolute Gasteiger partial charge is 0.264 e. The fraction of sp³-hybridized carbons (Fsp3) is 0.231. The van der Waals surface area contributed by atoms with Gasteiger partial charge in [-0.2, -0.15) is 5.10 Å². The van der Waals surface area contributed by atoms with Crippen LogP contribution in [0.1, 0.15) is 17.0 Å². The highest BCUT2D eigenvalue weighted by molar-refractivity contribution is 7.90. The van der Waals surface area contributed by atoms with Gasteiger partial charge in [0.1, 0.15) is 5.82 Å². The van der Waals surface area contributed by atoms with E-state index >= 15 is 0 Å². The molecule has 0 aromatic heterocycles. The maximum Gasteiger partial charge on any atom is 0.264 e. The third-order valence-electron chi connectivity index (χ3n) is 6.02. The van der Waals surface area contributed by atoms with Crippen LogP contribution in [0.4, 0.5) is 4.39 Å². The molecule has 4 rings (SSSR count). The summed E-state index contributed by atoms with van der Waals surface area (Å²) >= 11 is 5.92.